The number of ether oxygens (including phenoxy) is 1. The van der Waals surface area contributed by atoms with Crippen LogP contribution in [-0.2, 0) is 4.74 Å². The van der Waals surface area contributed by atoms with Crippen molar-refractivity contribution in [3.8, 4) is 0 Å². The summed E-state index contributed by atoms with van der Waals surface area (Å²) in [6.45, 7) is 3.87. The zero-order valence-electron chi connectivity index (χ0n) is 11.3. The third kappa shape index (κ3) is 2.97. The first-order valence-corrected chi connectivity index (χ1v) is 6.22. The summed E-state index contributed by atoms with van der Waals surface area (Å²) in [6, 6.07) is 0. The van der Waals surface area contributed by atoms with E-state index in [1.165, 1.54) is 4.90 Å². The van der Waals surface area contributed by atoms with Crippen molar-refractivity contribution in [1.82, 2.24) is 14.9 Å². The number of nitrogens with one attached hydrogen (secondary N) is 2. The molecule has 1 saturated heterocycles. The lowest BCUT2D eigenvalue weighted by atomic mass is 10.0. The van der Waals surface area contributed by atoms with Gasteiger partial charge in [0.1, 0.15) is 5.56 Å². The van der Waals surface area contributed by atoms with Crippen LogP contribution in [0.4, 0.5) is 0 Å². The van der Waals surface area contributed by atoms with Crippen LogP contribution in [0.15, 0.2) is 15.8 Å². The Labute approximate surface area is 114 Å². The Bertz CT molecular complexity index is 618. The predicted molar refractivity (Wildman–Crippen MR) is 69.6 cm³/mol. The molecule has 1 aromatic heterocycles. The summed E-state index contributed by atoms with van der Waals surface area (Å²) >= 11 is 0. The number of aliphatic hydroxyl groups excluding tert-OH is 1. The van der Waals surface area contributed by atoms with Gasteiger partial charge in [0.15, 0.2) is 0 Å². The number of amides is 1. The van der Waals surface area contributed by atoms with Crippen LogP contribution < -0.4 is 11.2 Å². The largest absolute Gasteiger partial charge is 0.394 e. The quantitative estimate of drug-likeness (QED) is 0.622. The van der Waals surface area contributed by atoms with Crippen molar-refractivity contribution in [2.45, 2.75) is 25.6 Å². The molecular formula is C12H17N3O5. The molecule has 0 radical (unpaired) electrons. The monoisotopic (exact) mass is 283 g/mol. The molecule has 2 rings (SSSR count). The fraction of sp³-hybridized carbons (Fsp3) is 0.583. The highest BCUT2D eigenvalue weighted by Gasteiger charge is 2.36. The van der Waals surface area contributed by atoms with Gasteiger partial charge in [-0.25, -0.2) is 4.79 Å². The molecule has 110 valence electrons. The van der Waals surface area contributed by atoms with E-state index in [1.807, 2.05) is 4.98 Å². The molecule has 8 nitrogen and oxygen atoms in total. The SMILES string of the molecule is CC1(C)CN(C(=O)c2c[nH]c(=O)[nH]c2=O)CC(CO)O1. The molecule has 20 heavy (non-hydrogen) atoms. The molecular weight excluding hydrogens is 266 g/mol. The zero-order chi connectivity index (χ0) is 14.9. The van der Waals surface area contributed by atoms with Gasteiger partial charge in [-0.15, -0.1) is 0 Å². The Hall–Kier alpha value is -1.93. The van der Waals surface area contributed by atoms with E-state index in [4.69, 9.17) is 4.74 Å². The Morgan fingerprint density at radius 2 is 2.25 bits per heavy atom. The predicted octanol–water partition coefficient (Wildman–Crippen LogP) is -1.32. The molecule has 1 aliphatic heterocycles. The minimum Gasteiger partial charge on any atom is -0.394 e. The van der Waals surface area contributed by atoms with Gasteiger partial charge in [0, 0.05) is 19.3 Å². The summed E-state index contributed by atoms with van der Waals surface area (Å²) in [6.07, 6.45) is 0.601. The summed E-state index contributed by atoms with van der Waals surface area (Å²) in [5, 5.41) is 9.21. The van der Waals surface area contributed by atoms with E-state index < -0.39 is 28.9 Å². The molecule has 0 bridgehead atoms. The molecule has 1 fully saturated rings. The first-order chi connectivity index (χ1) is 9.32. The maximum absolute atomic E-state index is 12.3. The third-order valence-corrected chi connectivity index (χ3v) is 3.02. The molecule has 1 amide bonds. The van der Waals surface area contributed by atoms with Crippen molar-refractivity contribution in [3.05, 3.63) is 32.6 Å². The number of morpholine rings is 1. The van der Waals surface area contributed by atoms with Crippen LogP contribution in [0.5, 0.6) is 0 Å². The van der Waals surface area contributed by atoms with E-state index in [1.54, 1.807) is 13.8 Å². The lowest BCUT2D eigenvalue weighted by molar-refractivity contribution is -0.139. The number of hydrogen-bond acceptors (Lipinski definition) is 5. The van der Waals surface area contributed by atoms with Gasteiger partial charge in [-0.2, -0.15) is 0 Å². The van der Waals surface area contributed by atoms with Crippen molar-refractivity contribution >= 4 is 5.91 Å². The van der Waals surface area contributed by atoms with Gasteiger partial charge in [0.2, 0.25) is 0 Å². The van der Waals surface area contributed by atoms with Crippen molar-refractivity contribution in [2.75, 3.05) is 19.7 Å². The molecule has 2 heterocycles. The molecule has 1 aromatic rings. The lowest BCUT2D eigenvalue weighted by Gasteiger charge is -2.42. The summed E-state index contributed by atoms with van der Waals surface area (Å²) in [4.78, 5) is 40.6. The van der Waals surface area contributed by atoms with Crippen molar-refractivity contribution in [1.29, 1.82) is 0 Å². The lowest BCUT2D eigenvalue weighted by Crippen LogP contribution is -2.56. The number of nitrogens with zero attached hydrogens (tertiary/aromatic N) is 1. The smallest absolute Gasteiger partial charge is 0.325 e. The first kappa shape index (κ1) is 14.5. The van der Waals surface area contributed by atoms with Crippen molar-refractivity contribution < 1.29 is 14.6 Å². The van der Waals surface area contributed by atoms with E-state index in [0.29, 0.717) is 6.54 Å². The molecule has 1 unspecified atom stereocenters. The number of hydrogen-bond donors (Lipinski definition) is 3. The molecule has 0 aromatic carbocycles. The molecule has 3 N–H and O–H groups in total. The number of aromatic amines is 2. The van der Waals surface area contributed by atoms with Crippen LogP contribution in [-0.4, -0.2) is 57.3 Å². The summed E-state index contributed by atoms with van der Waals surface area (Å²) in [7, 11) is 0. The minimum atomic E-state index is -0.733. The molecule has 0 spiro atoms. The topological polar surface area (TPSA) is 115 Å². The fourth-order valence-electron chi connectivity index (χ4n) is 2.28. The average Bonchev–Trinajstić information content (AvgIpc) is 2.36. The van der Waals surface area contributed by atoms with Crippen LogP contribution >= 0.6 is 0 Å². The highest BCUT2D eigenvalue weighted by atomic mass is 16.5. The molecule has 0 aliphatic carbocycles. The van der Waals surface area contributed by atoms with Crippen LogP contribution in [0.1, 0.15) is 24.2 Å². The highest BCUT2D eigenvalue weighted by Crippen LogP contribution is 2.21. The molecule has 0 saturated carbocycles. The number of carbonyl (C=O) groups is 1. The molecule has 1 atom stereocenters. The number of aliphatic hydroxyl groups is 1. The van der Waals surface area contributed by atoms with E-state index in [9.17, 15) is 19.5 Å². The van der Waals surface area contributed by atoms with E-state index in [-0.39, 0.29) is 18.7 Å². The number of H-pyrrole nitrogens is 2. The highest BCUT2D eigenvalue weighted by molar-refractivity contribution is 5.93. The van der Waals surface area contributed by atoms with Gasteiger partial charge in [0.25, 0.3) is 11.5 Å². The van der Waals surface area contributed by atoms with Crippen LogP contribution in [0, 0.1) is 0 Å². The van der Waals surface area contributed by atoms with Gasteiger partial charge in [0.05, 0.1) is 18.3 Å². The third-order valence-electron chi connectivity index (χ3n) is 3.02. The summed E-state index contributed by atoms with van der Waals surface area (Å²) in [5.41, 5.74) is -2.15. The van der Waals surface area contributed by atoms with Crippen LogP contribution in [0.25, 0.3) is 0 Å². The Kier molecular flexibility index (Phi) is 3.78. The van der Waals surface area contributed by atoms with Gasteiger partial charge in [-0.3, -0.25) is 14.6 Å². The molecule has 1 aliphatic rings. The standard InChI is InChI=1S/C12H17N3O5/c1-12(2)6-15(4-7(5-16)20-12)10(18)8-3-13-11(19)14-9(8)17/h3,7,16H,4-6H2,1-2H3,(H2,13,14,17,19). The van der Waals surface area contributed by atoms with Crippen LogP contribution in [0.2, 0.25) is 0 Å². The second kappa shape index (κ2) is 5.22. The van der Waals surface area contributed by atoms with Crippen molar-refractivity contribution in [2.24, 2.45) is 0 Å². The van der Waals surface area contributed by atoms with E-state index >= 15 is 0 Å². The maximum Gasteiger partial charge on any atom is 0.325 e. The van der Waals surface area contributed by atoms with Gasteiger partial charge in [-0.05, 0) is 13.8 Å². The van der Waals surface area contributed by atoms with Gasteiger partial charge in [-0.1, -0.05) is 0 Å². The van der Waals surface area contributed by atoms with Gasteiger partial charge < -0.3 is 19.7 Å². The maximum atomic E-state index is 12.3. The number of aromatic nitrogens is 2. The van der Waals surface area contributed by atoms with Gasteiger partial charge >= 0.3 is 5.69 Å². The summed E-state index contributed by atoms with van der Waals surface area (Å²) < 4.78 is 5.60. The minimum absolute atomic E-state index is 0.140. The number of carbonyl (C=O) groups excluding carboxylic acids is 1. The Balaban J connectivity index is 2.28. The number of rotatable bonds is 2. The second-order valence-corrected chi connectivity index (χ2v) is 5.35. The van der Waals surface area contributed by atoms with E-state index in [0.717, 1.165) is 6.20 Å². The second-order valence-electron chi connectivity index (χ2n) is 5.35. The first-order valence-electron chi connectivity index (χ1n) is 6.22. The Morgan fingerprint density at radius 1 is 1.55 bits per heavy atom. The normalized spacial score (nSPS) is 21.8. The fourth-order valence-corrected chi connectivity index (χ4v) is 2.28. The van der Waals surface area contributed by atoms with Crippen molar-refractivity contribution in [3.63, 3.8) is 0 Å². The molecule has 8 heteroatoms. The van der Waals surface area contributed by atoms with E-state index in [2.05, 4.69) is 4.98 Å². The Morgan fingerprint density at radius 3 is 2.85 bits per heavy atom. The van der Waals surface area contributed by atoms with Crippen LogP contribution in [0.3, 0.4) is 0 Å². The summed E-state index contributed by atoms with van der Waals surface area (Å²) in [5.74, 6) is -0.502. The zero-order valence-corrected chi connectivity index (χ0v) is 11.3. The average molecular weight is 283 g/mol.